The molecule has 6 heteroatoms. The number of nitrogens with one attached hydrogen (secondary N) is 2. The second-order valence-corrected chi connectivity index (χ2v) is 7.60. The third-order valence-electron chi connectivity index (χ3n) is 3.72. The summed E-state index contributed by atoms with van der Waals surface area (Å²) in [5.74, 6) is 0.221. The summed E-state index contributed by atoms with van der Waals surface area (Å²) in [6.07, 6.45) is 3.98. The summed E-state index contributed by atoms with van der Waals surface area (Å²) < 4.78 is 26.4. The van der Waals surface area contributed by atoms with Gasteiger partial charge in [0.05, 0.1) is 5.75 Å². The van der Waals surface area contributed by atoms with E-state index in [4.69, 9.17) is 0 Å². The molecule has 0 bridgehead atoms. The lowest BCUT2D eigenvalue weighted by molar-refractivity contribution is 0.268. The fourth-order valence-corrected chi connectivity index (χ4v) is 3.58. The highest BCUT2D eigenvalue weighted by Gasteiger charge is 2.21. The van der Waals surface area contributed by atoms with Crippen LogP contribution in [0.1, 0.15) is 39.5 Å². The van der Waals surface area contributed by atoms with Gasteiger partial charge in [-0.15, -0.1) is 0 Å². The molecule has 0 aromatic heterocycles. The van der Waals surface area contributed by atoms with Crippen molar-refractivity contribution in [2.24, 2.45) is 0 Å². The van der Waals surface area contributed by atoms with Crippen LogP contribution in [0.5, 0.6) is 0 Å². The fourth-order valence-electron chi connectivity index (χ4n) is 2.19. The van der Waals surface area contributed by atoms with E-state index in [0.717, 1.165) is 38.8 Å². The molecule has 1 rings (SSSR count). The summed E-state index contributed by atoms with van der Waals surface area (Å²) in [6.45, 7) is 6.85. The Morgan fingerprint density at radius 3 is 2.68 bits per heavy atom. The van der Waals surface area contributed by atoms with Crippen molar-refractivity contribution in [3.63, 3.8) is 0 Å². The van der Waals surface area contributed by atoms with E-state index in [1.807, 2.05) is 0 Å². The van der Waals surface area contributed by atoms with Crippen LogP contribution in [-0.4, -0.2) is 57.8 Å². The van der Waals surface area contributed by atoms with E-state index in [-0.39, 0.29) is 11.8 Å². The monoisotopic (exact) mass is 291 g/mol. The largest absolute Gasteiger partial charge is 0.313 e. The maximum Gasteiger partial charge on any atom is 0.213 e. The zero-order valence-corrected chi connectivity index (χ0v) is 13.3. The fraction of sp³-hybridized carbons (Fsp3) is 1.00. The van der Waals surface area contributed by atoms with Gasteiger partial charge < -0.3 is 10.2 Å². The van der Waals surface area contributed by atoms with E-state index in [1.54, 1.807) is 0 Å². The highest BCUT2D eigenvalue weighted by Crippen LogP contribution is 2.07. The molecule has 1 aliphatic heterocycles. The minimum absolute atomic E-state index is 0.143. The summed E-state index contributed by atoms with van der Waals surface area (Å²) in [5, 5.41) is 3.22. The molecule has 0 radical (unpaired) electrons. The Morgan fingerprint density at radius 2 is 2.11 bits per heavy atom. The zero-order chi connectivity index (χ0) is 14.3. The molecule has 1 unspecified atom stereocenters. The quantitative estimate of drug-likeness (QED) is 0.616. The van der Waals surface area contributed by atoms with Gasteiger partial charge in [0.15, 0.2) is 0 Å². The minimum atomic E-state index is -3.11. The van der Waals surface area contributed by atoms with Crippen LogP contribution in [0.2, 0.25) is 0 Å². The lowest BCUT2D eigenvalue weighted by Crippen LogP contribution is -2.37. The number of rotatable bonds is 9. The molecular weight excluding hydrogens is 262 g/mol. The van der Waals surface area contributed by atoms with E-state index in [1.165, 1.54) is 0 Å². The van der Waals surface area contributed by atoms with E-state index in [2.05, 4.69) is 35.8 Å². The molecule has 2 N–H and O–H groups in total. The molecule has 0 aromatic rings. The van der Waals surface area contributed by atoms with Gasteiger partial charge in [-0.05, 0) is 59.7 Å². The first-order chi connectivity index (χ1) is 8.91. The predicted molar refractivity (Wildman–Crippen MR) is 79.8 cm³/mol. The van der Waals surface area contributed by atoms with Crippen molar-refractivity contribution in [1.29, 1.82) is 0 Å². The van der Waals surface area contributed by atoms with Crippen molar-refractivity contribution >= 4 is 10.0 Å². The van der Waals surface area contributed by atoms with Gasteiger partial charge in [0.25, 0.3) is 0 Å². The van der Waals surface area contributed by atoms with E-state index >= 15 is 0 Å². The number of nitrogens with zero attached hydrogens (tertiary/aromatic N) is 1. The molecule has 0 aromatic carbocycles. The number of sulfonamides is 1. The number of unbranched alkanes of at least 4 members (excludes halogenated alkanes) is 1. The first kappa shape index (κ1) is 16.9. The van der Waals surface area contributed by atoms with Gasteiger partial charge in [-0.3, -0.25) is 0 Å². The van der Waals surface area contributed by atoms with E-state index in [0.29, 0.717) is 12.6 Å². The van der Waals surface area contributed by atoms with Crippen molar-refractivity contribution in [2.45, 2.75) is 51.6 Å². The SMILES string of the molecule is CC(C)N(C)CCCCNS(=O)(=O)CC1CCCN1. The molecule has 5 nitrogen and oxygen atoms in total. The third kappa shape index (κ3) is 7.25. The highest BCUT2D eigenvalue weighted by molar-refractivity contribution is 7.89. The Hall–Kier alpha value is -0.170. The molecule has 1 saturated heterocycles. The number of hydrogen-bond acceptors (Lipinski definition) is 4. The molecule has 1 fully saturated rings. The molecule has 1 aliphatic rings. The third-order valence-corrected chi connectivity index (χ3v) is 5.21. The first-order valence-electron chi connectivity index (χ1n) is 7.31. The standard InChI is InChI=1S/C13H29N3O2S/c1-12(2)16(3)10-5-4-9-15-19(17,18)11-13-7-6-8-14-13/h12-15H,4-11H2,1-3H3. The van der Waals surface area contributed by atoms with Gasteiger partial charge in [-0.1, -0.05) is 0 Å². The normalized spacial score (nSPS) is 20.6. The molecule has 1 heterocycles. The van der Waals surface area contributed by atoms with Gasteiger partial charge >= 0.3 is 0 Å². The van der Waals surface area contributed by atoms with Crippen molar-refractivity contribution in [3.05, 3.63) is 0 Å². The van der Waals surface area contributed by atoms with Gasteiger partial charge in [-0.2, -0.15) is 0 Å². The Labute approximate surface area is 118 Å². The Morgan fingerprint density at radius 1 is 1.37 bits per heavy atom. The molecule has 0 spiro atoms. The number of hydrogen-bond donors (Lipinski definition) is 2. The van der Waals surface area contributed by atoms with Crippen LogP contribution >= 0.6 is 0 Å². The van der Waals surface area contributed by atoms with Crippen LogP contribution in [0.3, 0.4) is 0 Å². The lowest BCUT2D eigenvalue weighted by atomic mass is 10.2. The van der Waals surface area contributed by atoms with Crippen LogP contribution in [0, 0.1) is 0 Å². The van der Waals surface area contributed by atoms with Crippen molar-refractivity contribution in [3.8, 4) is 0 Å². The summed E-state index contributed by atoms with van der Waals surface area (Å²) in [7, 11) is -1.01. The van der Waals surface area contributed by atoms with Crippen LogP contribution in [0.15, 0.2) is 0 Å². The highest BCUT2D eigenvalue weighted by atomic mass is 32.2. The van der Waals surface area contributed by atoms with E-state index < -0.39 is 10.0 Å². The Balaban J connectivity index is 2.10. The van der Waals surface area contributed by atoms with Crippen LogP contribution in [-0.2, 0) is 10.0 Å². The topological polar surface area (TPSA) is 61.4 Å². The Kier molecular flexibility index (Phi) is 7.28. The summed E-state index contributed by atoms with van der Waals surface area (Å²) in [4.78, 5) is 2.27. The maximum atomic E-state index is 11.8. The minimum Gasteiger partial charge on any atom is -0.313 e. The zero-order valence-electron chi connectivity index (χ0n) is 12.5. The lowest BCUT2D eigenvalue weighted by Gasteiger charge is -2.20. The molecule has 0 aliphatic carbocycles. The van der Waals surface area contributed by atoms with E-state index in [9.17, 15) is 8.42 Å². The second kappa shape index (κ2) is 8.19. The van der Waals surface area contributed by atoms with Crippen molar-refractivity contribution in [1.82, 2.24) is 14.9 Å². The summed E-state index contributed by atoms with van der Waals surface area (Å²) in [5.41, 5.74) is 0. The average molecular weight is 291 g/mol. The van der Waals surface area contributed by atoms with Gasteiger partial charge in [0.1, 0.15) is 0 Å². The van der Waals surface area contributed by atoms with Crippen LogP contribution in [0.4, 0.5) is 0 Å². The van der Waals surface area contributed by atoms with Gasteiger partial charge in [0, 0.05) is 18.6 Å². The second-order valence-electron chi connectivity index (χ2n) is 5.75. The summed E-state index contributed by atoms with van der Waals surface area (Å²) >= 11 is 0. The predicted octanol–water partition coefficient (Wildman–Crippen LogP) is 0.778. The van der Waals surface area contributed by atoms with Crippen molar-refractivity contribution < 1.29 is 8.42 Å². The molecule has 1 atom stereocenters. The molecule has 19 heavy (non-hydrogen) atoms. The smallest absolute Gasteiger partial charge is 0.213 e. The molecule has 0 amide bonds. The average Bonchev–Trinajstić information content (AvgIpc) is 2.79. The maximum absolute atomic E-state index is 11.8. The van der Waals surface area contributed by atoms with Crippen LogP contribution in [0.25, 0.3) is 0 Å². The first-order valence-corrected chi connectivity index (χ1v) is 8.97. The molecule has 0 saturated carbocycles. The molecule has 114 valence electrons. The van der Waals surface area contributed by atoms with Gasteiger partial charge in [-0.25, -0.2) is 13.1 Å². The van der Waals surface area contributed by atoms with Crippen molar-refractivity contribution in [2.75, 3.05) is 32.4 Å². The van der Waals surface area contributed by atoms with Gasteiger partial charge in [0.2, 0.25) is 10.0 Å². The molecular formula is C13H29N3O2S. The summed E-state index contributed by atoms with van der Waals surface area (Å²) in [6, 6.07) is 0.690. The Bertz CT molecular complexity index is 338. The van der Waals surface area contributed by atoms with Crippen LogP contribution < -0.4 is 10.0 Å².